The molecule has 130 valence electrons. The summed E-state index contributed by atoms with van der Waals surface area (Å²) in [7, 11) is 0. The molecule has 0 bridgehead atoms. The summed E-state index contributed by atoms with van der Waals surface area (Å²) >= 11 is 0. The summed E-state index contributed by atoms with van der Waals surface area (Å²) < 4.78 is 5.31. The van der Waals surface area contributed by atoms with Gasteiger partial charge in [-0.05, 0) is 31.0 Å². The molecular formula is C20H27NO3. The largest absolute Gasteiger partial charge is 0.422 e. The summed E-state index contributed by atoms with van der Waals surface area (Å²) in [5.41, 5.74) is 1.12. The number of hydrogen-bond acceptors (Lipinski definition) is 4. The highest BCUT2D eigenvalue weighted by atomic mass is 16.4. The maximum atomic E-state index is 11.8. The minimum absolute atomic E-state index is 0.0676. The van der Waals surface area contributed by atoms with Crippen LogP contribution in [0, 0.1) is 0 Å². The van der Waals surface area contributed by atoms with Gasteiger partial charge in [-0.15, -0.1) is 0 Å². The fourth-order valence-electron chi connectivity index (χ4n) is 2.87. The second-order valence-corrected chi connectivity index (χ2v) is 6.23. The summed E-state index contributed by atoms with van der Waals surface area (Å²) in [6.45, 7) is 6.44. The molecule has 0 saturated heterocycles. The van der Waals surface area contributed by atoms with Crippen molar-refractivity contribution in [2.45, 2.75) is 52.4 Å². The Morgan fingerprint density at radius 1 is 1.00 bits per heavy atom. The van der Waals surface area contributed by atoms with E-state index in [-0.39, 0.29) is 5.56 Å². The van der Waals surface area contributed by atoms with Crippen LogP contribution in [0.1, 0.15) is 62.7 Å². The predicted molar refractivity (Wildman–Crippen MR) is 99.1 cm³/mol. The Morgan fingerprint density at radius 3 is 2.25 bits per heavy atom. The third kappa shape index (κ3) is 4.70. The third-order valence-electron chi connectivity index (χ3n) is 4.30. The number of unbranched alkanes of at least 4 members (excludes halogenated alkanes) is 4. The van der Waals surface area contributed by atoms with Gasteiger partial charge in [-0.2, -0.15) is 0 Å². The molecule has 0 atom stereocenters. The summed E-state index contributed by atoms with van der Waals surface area (Å²) in [6, 6.07) is 7.49. The van der Waals surface area contributed by atoms with E-state index >= 15 is 0 Å². The molecule has 2 aromatic rings. The number of hydrogen-bond donors (Lipinski definition) is 0. The van der Waals surface area contributed by atoms with Gasteiger partial charge >= 0.3 is 5.63 Å². The van der Waals surface area contributed by atoms with Crippen LogP contribution in [0.15, 0.2) is 33.5 Å². The Hall–Kier alpha value is -2.10. The first-order chi connectivity index (χ1) is 11.7. The molecule has 1 aromatic heterocycles. The summed E-state index contributed by atoms with van der Waals surface area (Å²) in [5.74, 6) is 0. The number of carbonyl (C=O) groups is 1. The molecule has 0 aliphatic rings. The Morgan fingerprint density at radius 2 is 1.67 bits per heavy atom. The molecule has 1 aromatic carbocycles. The zero-order valence-corrected chi connectivity index (χ0v) is 14.7. The second-order valence-electron chi connectivity index (χ2n) is 6.23. The zero-order valence-electron chi connectivity index (χ0n) is 14.7. The van der Waals surface area contributed by atoms with E-state index in [1.807, 2.05) is 12.1 Å². The maximum absolute atomic E-state index is 11.8. The molecule has 2 rings (SSSR count). The van der Waals surface area contributed by atoms with Crippen LogP contribution in [-0.4, -0.2) is 19.4 Å². The quantitative estimate of drug-likeness (QED) is 0.357. The van der Waals surface area contributed by atoms with Crippen LogP contribution < -0.4 is 10.5 Å². The number of nitrogens with zero attached hydrogens (tertiary/aromatic N) is 1. The van der Waals surface area contributed by atoms with Crippen LogP contribution in [0.25, 0.3) is 11.0 Å². The fourth-order valence-corrected chi connectivity index (χ4v) is 2.87. The number of fused-ring (bicyclic) bond motifs is 1. The van der Waals surface area contributed by atoms with E-state index in [4.69, 9.17) is 4.42 Å². The van der Waals surface area contributed by atoms with Crippen molar-refractivity contribution in [2.75, 3.05) is 18.0 Å². The van der Waals surface area contributed by atoms with Crippen LogP contribution in [0.5, 0.6) is 0 Å². The zero-order chi connectivity index (χ0) is 17.4. The van der Waals surface area contributed by atoms with Gasteiger partial charge in [0.1, 0.15) is 11.1 Å². The highest BCUT2D eigenvalue weighted by Gasteiger charge is 2.10. The van der Waals surface area contributed by atoms with E-state index in [0.717, 1.165) is 37.0 Å². The van der Waals surface area contributed by atoms with Crippen LogP contribution in [0.2, 0.25) is 0 Å². The summed E-state index contributed by atoms with van der Waals surface area (Å²) in [6.07, 6.45) is 7.70. The van der Waals surface area contributed by atoms with E-state index in [1.165, 1.54) is 25.7 Å². The number of benzene rings is 1. The predicted octanol–water partition coefficient (Wildman–Crippen LogP) is 4.79. The van der Waals surface area contributed by atoms with Gasteiger partial charge in [0.05, 0.1) is 0 Å². The minimum atomic E-state index is -0.571. The lowest BCUT2D eigenvalue weighted by Crippen LogP contribution is -2.25. The van der Waals surface area contributed by atoms with Crippen LogP contribution in [0.4, 0.5) is 5.69 Å². The van der Waals surface area contributed by atoms with Gasteiger partial charge in [0, 0.05) is 30.2 Å². The Balaban J connectivity index is 2.26. The van der Waals surface area contributed by atoms with Crippen LogP contribution >= 0.6 is 0 Å². The average molecular weight is 329 g/mol. The van der Waals surface area contributed by atoms with Crippen molar-refractivity contribution >= 4 is 22.9 Å². The van der Waals surface area contributed by atoms with Gasteiger partial charge in [-0.25, -0.2) is 4.79 Å². The molecule has 24 heavy (non-hydrogen) atoms. The second kappa shape index (κ2) is 9.26. The minimum Gasteiger partial charge on any atom is -0.422 e. The SMILES string of the molecule is CCCCCN(CCCCC)c1ccc2cc(C=O)c(=O)oc2c1. The first kappa shape index (κ1) is 18.2. The first-order valence-corrected chi connectivity index (χ1v) is 8.97. The van der Waals surface area contributed by atoms with Gasteiger partial charge in [-0.1, -0.05) is 39.5 Å². The van der Waals surface area contributed by atoms with E-state index in [1.54, 1.807) is 6.07 Å². The van der Waals surface area contributed by atoms with E-state index in [0.29, 0.717) is 11.9 Å². The number of anilines is 1. The van der Waals surface area contributed by atoms with Crippen molar-refractivity contribution in [3.8, 4) is 0 Å². The van der Waals surface area contributed by atoms with E-state index < -0.39 is 5.63 Å². The molecule has 0 N–H and O–H groups in total. The van der Waals surface area contributed by atoms with Gasteiger partial charge in [0.15, 0.2) is 6.29 Å². The molecule has 0 radical (unpaired) electrons. The highest BCUT2D eigenvalue weighted by Crippen LogP contribution is 2.23. The molecular weight excluding hydrogens is 302 g/mol. The van der Waals surface area contributed by atoms with Crippen molar-refractivity contribution in [2.24, 2.45) is 0 Å². The average Bonchev–Trinajstić information content (AvgIpc) is 2.59. The van der Waals surface area contributed by atoms with Crippen molar-refractivity contribution in [1.82, 2.24) is 0 Å². The molecule has 0 spiro atoms. The molecule has 1 heterocycles. The first-order valence-electron chi connectivity index (χ1n) is 8.97. The Bertz CT molecular complexity index is 710. The molecule has 0 fully saturated rings. The van der Waals surface area contributed by atoms with Crippen molar-refractivity contribution in [3.05, 3.63) is 40.2 Å². The molecule has 0 aliphatic carbocycles. The molecule has 4 heteroatoms. The number of rotatable bonds is 10. The van der Waals surface area contributed by atoms with E-state index in [2.05, 4.69) is 24.8 Å². The standard InChI is InChI=1S/C20H27NO3/c1-3-5-7-11-21(12-8-6-4-2)18-10-9-16-13-17(15-22)20(23)24-19(16)14-18/h9-10,13-15H,3-8,11-12H2,1-2H3. The summed E-state index contributed by atoms with van der Waals surface area (Å²) in [4.78, 5) is 25.0. The normalized spacial score (nSPS) is 10.9. The van der Waals surface area contributed by atoms with Gasteiger partial charge in [0.25, 0.3) is 0 Å². The lowest BCUT2D eigenvalue weighted by atomic mass is 10.1. The highest BCUT2D eigenvalue weighted by molar-refractivity contribution is 5.86. The molecule has 4 nitrogen and oxygen atoms in total. The lowest BCUT2D eigenvalue weighted by molar-refractivity contribution is 0.112. The van der Waals surface area contributed by atoms with Gasteiger partial charge < -0.3 is 9.32 Å². The molecule has 0 amide bonds. The molecule has 0 aliphatic heterocycles. The Labute approximate surface area is 143 Å². The van der Waals surface area contributed by atoms with Crippen molar-refractivity contribution < 1.29 is 9.21 Å². The Kier molecular flexibility index (Phi) is 7.04. The third-order valence-corrected chi connectivity index (χ3v) is 4.30. The van der Waals surface area contributed by atoms with Crippen LogP contribution in [0.3, 0.4) is 0 Å². The lowest BCUT2D eigenvalue weighted by Gasteiger charge is -2.25. The van der Waals surface area contributed by atoms with Crippen LogP contribution in [-0.2, 0) is 0 Å². The molecule has 0 saturated carbocycles. The number of aldehydes is 1. The number of carbonyl (C=O) groups excluding carboxylic acids is 1. The molecule has 0 unspecified atom stereocenters. The smallest absolute Gasteiger partial charge is 0.346 e. The van der Waals surface area contributed by atoms with Gasteiger partial charge in [-0.3, -0.25) is 4.79 Å². The summed E-state index contributed by atoms with van der Waals surface area (Å²) in [5, 5.41) is 0.780. The van der Waals surface area contributed by atoms with E-state index in [9.17, 15) is 9.59 Å². The van der Waals surface area contributed by atoms with Crippen molar-refractivity contribution in [1.29, 1.82) is 0 Å². The fraction of sp³-hybridized carbons (Fsp3) is 0.500. The maximum Gasteiger partial charge on any atom is 0.346 e. The van der Waals surface area contributed by atoms with Crippen molar-refractivity contribution in [3.63, 3.8) is 0 Å². The monoisotopic (exact) mass is 329 g/mol. The topological polar surface area (TPSA) is 50.5 Å². The van der Waals surface area contributed by atoms with Gasteiger partial charge in [0.2, 0.25) is 0 Å².